The van der Waals surface area contributed by atoms with E-state index in [1.54, 1.807) is 0 Å². The number of esters is 1. The van der Waals surface area contributed by atoms with E-state index < -0.39 is 0 Å². The maximum atomic E-state index is 12.1. The van der Waals surface area contributed by atoms with Crippen molar-refractivity contribution in [1.82, 2.24) is 4.57 Å². The zero-order chi connectivity index (χ0) is 15.9. The minimum atomic E-state index is -0.337. The molecule has 0 aliphatic heterocycles. The molecule has 0 atom stereocenters. The summed E-state index contributed by atoms with van der Waals surface area (Å²) in [6.45, 7) is 5.29. The molecule has 1 aromatic heterocycles. The van der Waals surface area contributed by atoms with Crippen LogP contribution in [-0.2, 0) is 11.3 Å². The van der Waals surface area contributed by atoms with Gasteiger partial charge in [0.15, 0.2) is 0 Å². The van der Waals surface area contributed by atoms with Crippen LogP contribution in [0.1, 0.15) is 53.8 Å². The van der Waals surface area contributed by atoms with E-state index in [-0.39, 0.29) is 19.1 Å². The van der Waals surface area contributed by atoms with Crippen molar-refractivity contribution in [3.8, 4) is 0 Å². The molecule has 1 aromatic rings. The first-order valence-electron chi connectivity index (χ1n) is 7.98. The molecule has 0 amide bonds. The highest BCUT2D eigenvalue weighted by Gasteiger charge is 2.20. The van der Waals surface area contributed by atoms with Crippen molar-refractivity contribution in [2.45, 2.75) is 52.5 Å². The van der Waals surface area contributed by atoms with Crippen LogP contribution in [0.15, 0.2) is 11.2 Å². The normalized spacial score (nSPS) is 15.4. The summed E-state index contributed by atoms with van der Waals surface area (Å²) in [7, 11) is 0. The number of hydrogen-bond acceptors (Lipinski definition) is 3. The second kappa shape index (κ2) is 7.90. The second-order valence-corrected chi connectivity index (χ2v) is 5.99. The molecule has 0 bridgehead atoms. The first-order valence-corrected chi connectivity index (χ1v) is 7.98. The molecule has 1 fully saturated rings. The highest BCUT2D eigenvalue weighted by Crippen LogP contribution is 2.27. The lowest BCUT2D eigenvalue weighted by molar-refractivity contribution is 0.0516. The molecular weight excluding hydrogens is 280 g/mol. The summed E-state index contributed by atoms with van der Waals surface area (Å²) in [5.41, 5.74) is 10.9. The van der Waals surface area contributed by atoms with Crippen LogP contribution in [0.4, 0.5) is 0 Å². The molecule has 120 valence electrons. The van der Waals surface area contributed by atoms with Gasteiger partial charge in [0, 0.05) is 22.8 Å². The third-order valence-corrected chi connectivity index (χ3v) is 4.45. The fraction of sp³-hybridized carbons (Fsp3) is 0.688. The standard InChI is InChI=1S/C16H24N4O2/c1-12-10-15(16(21)22-9-8-18-19-17)13(2)20(12)11-14-6-4-3-5-7-14/h10,14H,3-9,11H2,1-2H3. The summed E-state index contributed by atoms with van der Waals surface area (Å²) in [6.07, 6.45) is 6.55. The van der Waals surface area contributed by atoms with Crippen LogP contribution in [0, 0.1) is 19.8 Å². The Morgan fingerprint density at radius 1 is 1.41 bits per heavy atom. The minimum Gasteiger partial charge on any atom is -0.462 e. The topological polar surface area (TPSA) is 80.0 Å². The molecule has 0 N–H and O–H groups in total. The van der Waals surface area contributed by atoms with Gasteiger partial charge in [0.25, 0.3) is 0 Å². The minimum absolute atomic E-state index is 0.120. The molecule has 0 aromatic carbocycles. The molecule has 6 heteroatoms. The van der Waals surface area contributed by atoms with Crippen molar-refractivity contribution in [3.05, 3.63) is 33.5 Å². The highest BCUT2D eigenvalue weighted by molar-refractivity contribution is 5.91. The number of azide groups is 1. The first kappa shape index (κ1) is 16.4. The van der Waals surface area contributed by atoms with E-state index in [0.717, 1.165) is 17.9 Å². The Labute approximate surface area is 131 Å². The maximum Gasteiger partial charge on any atom is 0.339 e. The second-order valence-electron chi connectivity index (χ2n) is 5.99. The van der Waals surface area contributed by atoms with Crippen LogP contribution >= 0.6 is 0 Å². The van der Waals surface area contributed by atoms with Crippen molar-refractivity contribution >= 4 is 5.97 Å². The van der Waals surface area contributed by atoms with E-state index in [9.17, 15) is 4.79 Å². The number of nitrogens with zero attached hydrogens (tertiary/aromatic N) is 4. The number of ether oxygens (including phenoxy) is 1. The third kappa shape index (κ3) is 4.04. The predicted octanol–water partition coefficient (Wildman–Crippen LogP) is 4.15. The van der Waals surface area contributed by atoms with E-state index in [1.807, 2.05) is 19.9 Å². The van der Waals surface area contributed by atoms with Gasteiger partial charge in [-0.15, -0.1) is 0 Å². The number of aryl methyl sites for hydroxylation is 1. The Morgan fingerprint density at radius 2 is 2.14 bits per heavy atom. The average Bonchev–Trinajstić information content (AvgIpc) is 2.81. The van der Waals surface area contributed by atoms with Crippen LogP contribution in [0.2, 0.25) is 0 Å². The lowest BCUT2D eigenvalue weighted by atomic mass is 9.89. The fourth-order valence-electron chi connectivity index (χ4n) is 3.22. The van der Waals surface area contributed by atoms with E-state index in [4.69, 9.17) is 10.3 Å². The van der Waals surface area contributed by atoms with Gasteiger partial charge in [-0.3, -0.25) is 0 Å². The summed E-state index contributed by atoms with van der Waals surface area (Å²) in [4.78, 5) is 14.8. The van der Waals surface area contributed by atoms with E-state index >= 15 is 0 Å². The molecule has 1 aliphatic carbocycles. The SMILES string of the molecule is Cc1cc(C(=O)OCCN=[N+]=[N-])c(C)n1CC1CCCCC1. The van der Waals surface area contributed by atoms with Crippen LogP contribution in [0.5, 0.6) is 0 Å². The van der Waals surface area contributed by atoms with Gasteiger partial charge < -0.3 is 9.30 Å². The maximum absolute atomic E-state index is 12.1. The summed E-state index contributed by atoms with van der Waals surface area (Å²) in [6, 6.07) is 1.90. The summed E-state index contributed by atoms with van der Waals surface area (Å²) < 4.78 is 7.39. The largest absolute Gasteiger partial charge is 0.462 e. The Balaban J connectivity index is 2.02. The quantitative estimate of drug-likeness (QED) is 0.260. The van der Waals surface area contributed by atoms with Gasteiger partial charge in [0.2, 0.25) is 0 Å². The number of aromatic nitrogens is 1. The van der Waals surface area contributed by atoms with Crippen molar-refractivity contribution in [3.63, 3.8) is 0 Å². The van der Waals surface area contributed by atoms with Crippen LogP contribution in [0.3, 0.4) is 0 Å². The summed E-state index contributed by atoms with van der Waals surface area (Å²) >= 11 is 0. The molecule has 6 nitrogen and oxygen atoms in total. The number of carbonyl (C=O) groups excluding carboxylic acids is 1. The van der Waals surface area contributed by atoms with Gasteiger partial charge >= 0.3 is 5.97 Å². The number of rotatable bonds is 6. The van der Waals surface area contributed by atoms with Crippen molar-refractivity contribution < 1.29 is 9.53 Å². The monoisotopic (exact) mass is 304 g/mol. The predicted molar refractivity (Wildman–Crippen MR) is 84.8 cm³/mol. The van der Waals surface area contributed by atoms with Crippen molar-refractivity contribution in [2.75, 3.05) is 13.2 Å². The lowest BCUT2D eigenvalue weighted by Crippen LogP contribution is -2.16. The van der Waals surface area contributed by atoms with Crippen LogP contribution in [-0.4, -0.2) is 23.7 Å². The zero-order valence-electron chi connectivity index (χ0n) is 13.4. The number of carbonyl (C=O) groups is 1. The molecular formula is C16H24N4O2. The van der Waals surface area contributed by atoms with Gasteiger partial charge in [-0.2, -0.15) is 0 Å². The third-order valence-electron chi connectivity index (χ3n) is 4.45. The van der Waals surface area contributed by atoms with Crippen LogP contribution in [0.25, 0.3) is 10.4 Å². The Bertz CT molecular complexity index is 567. The fourth-order valence-corrected chi connectivity index (χ4v) is 3.22. The van der Waals surface area contributed by atoms with E-state index in [0.29, 0.717) is 11.5 Å². The van der Waals surface area contributed by atoms with E-state index in [2.05, 4.69) is 14.6 Å². The molecule has 1 saturated carbocycles. The highest BCUT2D eigenvalue weighted by atomic mass is 16.5. The van der Waals surface area contributed by atoms with Gasteiger partial charge in [0.05, 0.1) is 18.7 Å². The summed E-state index contributed by atoms with van der Waals surface area (Å²) in [5, 5.41) is 3.36. The van der Waals surface area contributed by atoms with Crippen molar-refractivity contribution in [2.24, 2.45) is 11.0 Å². The number of hydrogen-bond donors (Lipinski definition) is 0. The van der Waals surface area contributed by atoms with Gasteiger partial charge in [-0.05, 0) is 44.2 Å². The van der Waals surface area contributed by atoms with Crippen LogP contribution < -0.4 is 0 Å². The Morgan fingerprint density at radius 3 is 2.82 bits per heavy atom. The van der Waals surface area contributed by atoms with Gasteiger partial charge in [-0.25, -0.2) is 4.79 Å². The molecule has 0 unspecified atom stereocenters. The zero-order valence-corrected chi connectivity index (χ0v) is 13.4. The lowest BCUT2D eigenvalue weighted by Gasteiger charge is -2.23. The van der Waals surface area contributed by atoms with Gasteiger partial charge in [0.1, 0.15) is 0 Å². The van der Waals surface area contributed by atoms with Crippen molar-refractivity contribution in [1.29, 1.82) is 0 Å². The Kier molecular flexibility index (Phi) is 5.90. The molecule has 0 saturated heterocycles. The van der Waals surface area contributed by atoms with E-state index in [1.165, 1.54) is 32.1 Å². The molecule has 2 rings (SSSR count). The molecule has 22 heavy (non-hydrogen) atoms. The molecule has 0 radical (unpaired) electrons. The first-order chi connectivity index (χ1) is 10.6. The van der Waals surface area contributed by atoms with Gasteiger partial charge in [-0.1, -0.05) is 24.4 Å². The summed E-state index contributed by atoms with van der Waals surface area (Å²) in [5.74, 6) is 0.378. The molecule has 1 aliphatic rings. The molecule has 1 heterocycles. The average molecular weight is 304 g/mol. The molecule has 0 spiro atoms. The Hall–Kier alpha value is -1.94. The smallest absolute Gasteiger partial charge is 0.339 e.